The number of amides is 1. The van der Waals surface area contributed by atoms with Gasteiger partial charge < -0.3 is 0 Å². The topological polar surface area (TPSA) is 46.5 Å². The zero-order chi connectivity index (χ0) is 17.1. The van der Waals surface area contributed by atoms with E-state index in [1.165, 1.54) is 11.8 Å². The van der Waals surface area contributed by atoms with Gasteiger partial charge >= 0.3 is 0 Å². The number of rotatable bonds is 2. The van der Waals surface area contributed by atoms with Gasteiger partial charge in [-0.3, -0.25) is 9.59 Å². The number of hydrogen-bond donors (Lipinski definition) is 0. The first-order valence-electron chi connectivity index (χ1n) is 6.78. The highest BCUT2D eigenvalue weighted by Crippen LogP contribution is 2.35. The number of carbonyl (C=O) groups is 2. The molecule has 1 aliphatic rings. The molecule has 0 spiro atoms. The Hall–Kier alpha value is -1.34. The molecule has 120 valence electrons. The maximum absolute atomic E-state index is 12.3. The van der Waals surface area contributed by atoms with Gasteiger partial charge in [-0.2, -0.15) is 4.99 Å². The average molecular weight is 439 g/mol. The van der Waals surface area contributed by atoms with E-state index in [9.17, 15) is 9.59 Å². The van der Waals surface area contributed by atoms with Gasteiger partial charge in [0.05, 0.1) is 4.91 Å². The van der Waals surface area contributed by atoms with Crippen molar-refractivity contribution >= 4 is 72.5 Å². The zero-order valence-corrected chi connectivity index (χ0v) is 16.0. The molecule has 0 unspecified atom stereocenters. The van der Waals surface area contributed by atoms with E-state index in [4.69, 9.17) is 11.6 Å². The Labute approximate surface area is 160 Å². The molecule has 0 saturated heterocycles. The molecule has 2 aromatic rings. The second-order valence-corrected chi connectivity index (χ2v) is 8.26. The number of thioether (sulfide) groups is 2. The van der Waals surface area contributed by atoms with Crippen LogP contribution < -0.4 is 0 Å². The van der Waals surface area contributed by atoms with Gasteiger partial charge in [-0.25, -0.2) is 0 Å². The van der Waals surface area contributed by atoms with Crippen LogP contribution in [-0.4, -0.2) is 15.4 Å². The molecule has 1 aliphatic heterocycles. The van der Waals surface area contributed by atoms with Crippen LogP contribution >= 0.6 is 51.1 Å². The second-order valence-electron chi connectivity index (χ2n) is 4.71. The Balaban J connectivity index is 1.72. The third kappa shape index (κ3) is 4.19. The molecule has 0 fully saturated rings. The van der Waals surface area contributed by atoms with Gasteiger partial charge in [0.1, 0.15) is 4.38 Å². The van der Waals surface area contributed by atoms with Crippen LogP contribution in [0.5, 0.6) is 0 Å². The van der Waals surface area contributed by atoms with Gasteiger partial charge in [-0.1, -0.05) is 63.6 Å². The summed E-state index contributed by atoms with van der Waals surface area (Å²) in [6.45, 7) is 0. The molecule has 0 aromatic heterocycles. The molecule has 7 heteroatoms. The van der Waals surface area contributed by atoms with Crippen LogP contribution in [0.15, 0.2) is 62.9 Å². The first-order valence-corrected chi connectivity index (χ1v) is 9.58. The smallest absolute Gasteiger partial charge is 0.281 e. The van der Waals surface area contributed by atoms with Crippen molar-refractivity contribution in [3.63, 3.8) is 0 Å². The van der Waals surface area contributed by atoms with Crippen molar-refractivity contribution in [1.82, 2.24) is 0 Å². The van der Waals surface area contributed by atoms with E-state index in [1.54, 1.807) is 36.4 Å². The van der Waals surface area contributed by atoms with Crippen LogP contribution in [-0.2, 0) is 4.79 Å². The fourth-order valence-electron chi connectivity index (χ4n) is 1.90. The van der Waals surface area contributed by atoms with Crippen LogP contribution in [0.1, 0.15) is 15.9 Å². The van der Waals surface area contributed by atoms with Gasteiger partial charge in [-0.05, 0) is 47.7 Å². The van der Waals surface area contributed by atoms with Crippen molar-refractivity contribution in [1.29, 1.82) is 0 Å². The van der Waals surface area contributed by atoms with Gasteiger partial charge in [0, 0.05) is 15.1 Å². The van der Waals surface area contributed by atoms with E-state index in [1.807, 2.05) is 18.2 Å². The Morgan fingerprint density at radius 3 is 2.58 bits per heavy atom. The molecule has 0 bridgehead atoms. The Morgan fingerprint density at radius 2 is 1.88 bits per heavy atom. The van der Waals surface area contributed by atoms with Crippen molar-refractivity contribution < 1.29 is 9.59 Å². The quantitative estimate of drug-likeness (QED) is 0.569. The first kappa shape index (κ1) is 17.5. The maximum Gasteiger partial charge on any atom is 0.285 e. The normalized spacial score (nSPS) is 15.7. The monoisotopic (exact) mass is 437 g/mol. The van der Waals surface area contributed by atoms with Crippen molar-refractivity contribution in [3.8, 4) is 0 Å². The fraction of sp³-hybridized carbons (Fsp3) is 0. The summed E-state index contributed by atoms with van der Waals surface area (Å²) in [5.41, 5.74) is 1.40. The van der Waals surface area contributed by atoms with Crippen molar-refractivity contribution in [2.75, 3.05) is 0 Å². The molecule has 0 atom stereocenters. The SMILES string of the molecule is O=C1N=C(SC(=O)c2ccccc2Br)S/C1=C\c1ccc(Cl)cc1. The van der Waals surface area contributed by atoms with Gasteiger partial charge in [-0.15, -0.1) is 0 Å². The lowest BCUT2D eigenvalue weighted by atomic mass is 10.2. The summed E-state index contributed by atoms with van der Waals surface area (Å²) < 4.78 is 1.15. The highest BCUT2D eigenvalue weighted by atomic mass is 79.9. The number of carbonyl (C=O) groups excluding carboxylic acids is 2. The summed E-state index contributed by atoms with van der Waals surface area (Å²) >= 11 is 11.4. The van der Waals surface area contributed by atoms with E-state index in [-0.39, 0.29) is 11.0 Å². The van der Waals surface area contributed by atoms with Gasteiger partial charge in [0.25, 0.3) is 5.91 Å². The van der Waals surface area contributed by atoms with Gasteiger partial charge in [0.15, 0.2) is 0 Å². The summed E-state index contributed by atoms with van der Waals surface area (Å²) in [4.78, 5) is 28.8. The summed E-state index contributed by atoms with van der Waals surface area (Å²) in [6, 6.07) is 14.3. The number of hydrogen-bond acceptors (Lipinski definition) is 4. The Bertz CT molecular complexity index is 878. The van der Waals surface area contributed by atoms with Crippen LogP contribution in [0.4, 0.5) is 0 Å². The van der Waals surface area contributed by atoms with E-state index >= 15 is 0 Å². The number of halogens is 2. The summed E-state index contributed by atoms with van der Waals surface area (Å²) in [5, 5.41) is 0.475. The van der Waals surface area contributed by atoms with Gasteiger partial charge in [0.2, 0.25) is 5.12 Å². The molecular weight excluding hydrogens is 430 g/mol. The second kappa shape index (κ2) is 7.70. The fourth-order valence-corrected chi connectivity index (χ4v) is 4.51. The molecule has 0 saturated carbocycles. The molecule has 2 aromatic carbocycles. The third-order valence-corrected chi connectivity index (χ3v) is 5.94. The molecule has 0 aliphatic carbocycles. The van der Waals surface area contributed by atoms with Crippen LogP contribution in [0.3, 0.4) is 0 Å². The van der Waals surface area contributed by atoms with Crippen molar-refractivity contribution in [2.45, 2.75) is 0 Å². The molecule has 1 heterocycles. The molecule has 0 N–H and O–H groups in total. The lowest BCUT2D eigenvalue weighted by Gasteiger charge is -2.02. The minimum atomic E-state index is -0.336. The zero-order valence-electron chi connectivity index (χ0n) is 12.0. The molecule has 3 rings (SSSR count). The Morgan fingerprint density at radius 1 is 1.17 bits per heavy atom. The minimum Gasteiger partial charge on any atom is -0.281 e. The van der Waals surface area contributed by atoms with E-state index in [2.05, 4.69) is 20.9 Å². The predicted molar refractivity (Wildman–Crippen MR) is 106 cm³/mol. The van der Waals surface area contributed by atoms with Crippen LogP contribution in [0.25, 0.3) is 6.08 Å². The lowest BCUT2D eigenvalue weighted by molar-refractivity contribution is -0.113. The van der Waals surface area contributed by atoms with Crippen LogP contribution in [0, 0.1) is 0 Å². The van der Waals surface area contributed by atoms with E-state index in [0.29, 0.717) is 24.3 Å². The molecular formula is C17H9BrClNO2S2. The molecule has 24 heavy (non-hydrogen) atoms. The molecule has 1 amide bonds. The number of aliphatic imine (C=N–C) groups is 1. The lowest BCUT2D eigenvalue weighted by Crippen LogP contribution is -1.97. The molecule has 3 nitrogen and oxygen atoms in total. The van der Waals surface area contributed by atoms with Crippen LogP contribution in [0.2, 0.25) is 5.02 Å². The van der Waals surface area contributed by atoms with Crippen molar-refractivity contribution in [3.05, 3.63) is 74.1 Å². The van der Waals surface area contributed by atoms with Crippen molar-refractivity contribution in [2.24, 2.45) is 4.99 Å². The number of nitrogens with zero attached hydrogens (tertiary/aromatic N) is 1. The average Bonchev–Trinajstić information content (AvgIpc) is 2.89. The summed E-state index contributed by atoms with van der Waals surface area (Å²) in [6.07, 6.45) is 1.74. The standard InChI is InChI=1S/C17H9BrClNO2S2/c18-13-4-2-1-3-12(13)16(22)24-17-20-15(21)14(23-17)9-10-5-7-11(19)8-6-10/h1-9H/b14-9-. The van der Waals surface area contributed by atoms with E-state index < -0.39 is 0 Å². The third-order valence-electron chi connectivity index (χ3n) is 3.04. The predicted octanol–water partition coefficient (Wildman–Crippen LogP) is 5.65. The summed E-state index contributed by atoms with van der Waals surface area (Å²) in [7, 11) is 0. The largest absolute Gasteiger partial charge is 0.285 e. The Kier molecular flexibility index (Phi) is 5.61. The van der Waals surface area contributed by atoms with E-state index in [0.717, 1.165) is 17.3 Å². The first-order chi connectivity index (χ1) is 11.5. The molecule has 0 radical (unpaired) electrons. The maximum atomic E-state index is 12.3. The highest BCUT2D eigenvalue weighted by molar-refractivity contribution is 9.10. The number of benzene rings is 2. The summed E-state index contributed by atoms with van der Waals surface area (Å²) in [5.74, 6) is -0.336. The minimum absolute atomic E-state index is 0.158. The highest BCUT2D eigenvalue weighted by Gasteiger charge is 2.25.